The van der Waals surface area contributed by atoms with E-state index in [1.165, 1.54) is 18.4 Å². The second-order valence-corrected chi connectivity index (χ2v) is 6.38. The Balaban J connectivity index is 1.62. The number of oxazole rings is 1. The number of carbonyl (C=O) groups is 2. The number of amides is 1. The Labute approximate surface area is 144 Å². The molecule has 1 amide bonds. The smallest absolute Gasteiger partial charge is 0.306 e. The molecule has 0 spiro atoms. The lowest BCUT2D eigenvalue weighted by Gasteiger charge is -2.34. The highest BCUT2D eigenvalue weighted by Crippen LogP contribution is 2.24. The van der Waals surface area contributed by atoms with E-state index in [0.717, 1.165) is 0 Å². The number of carboxylic acids is 1. The summed E-state index contributed by atoms with van der Waals surface area (Å²) in [6.07, 6.45) is 1.97. The normalized spacial score (nSPS) is 20.5. The Kier molecular flexibility index (Phi) is 4.83. The van der Waals surface area contributed by atoms with Crippen molar-refractivity contribution in [2.45, 2.75) is 19.8 Å². The molecule has 1 aromatic carbocycles. The first-order valence-electron chi connectivity index (χ1n) is 8.15. The predicted molar refractivity (Wildman–Crippen MR) is 87.1 cm³/mol. The fourth-order valence-corrected chi connectivity index (χ4v) is 3.12. The van der Waals surface area contributed by atoms with Gasteiger partial charge in [-0.15, -0.1) is 0 Å². The van der Waals surface area contributed by atoms with E-state index in [2.05, 4.69) is 4.98 Å². The van der Waals surface area contributed by atoms with Crippen LogP contribution in [0, 0.1) is 17.7 Å². The number of hydrogen-bond acceptors (Lipinski definition) is 4. The number of aliphatic carboxylic acids is 1. The minimum absolute atomic E-state index is 0.0812. The van der Waals surface area contributed by atoms with Gasteiger partial charge >= 0.3 is 5.97 Å². The Morgan fingerprint density at radius 2 is 2.08 bits per heavy atom. The predicted octanol–water partition coefficient (Wildman–Crippen LogP) is 2.59. The maximum absolute atomic E-state index is 13.0. The number of carbonyl (C=O) groups excluding carboxylic acids is 1. The first-order chi connectivity index (χ1) is 11.9. The maximum Gasteiger partial charge on any atom is 0.306 e. The molecule has 0 saturated carbocycles. The van der Waals surface area contributed by atoms with Crippen LogP contribution in [0.15, 0.2) is 34.9 Å². The highest BCUT2D eigenvalue weighted by atomic mass is 19.1. The van der Waals surface area contributed by atoms with Crippen molar-refractivity contribution in [2.75, 3.05) is 13.1 Å². The molecule has 2 heterocycles. The molecule has 0 bridgehead atoms. The second kappa shape index (κ2) is 7.04. The van der Waals surface area contributed by atoms with Crippen LogP contribution in [0.5, 0.6) is 0 Å². The number of piperidine rings is 1. The lowest BCUT2D eigenvalue weighted by molar-refractivity contribution is -0.148. The van der Waals surface area contributed by atoms with Crippen molar-refractivity contribution in [1.29, 1.82) is 0 Å². The number of halogens is 1. The Bertz CT molecular complexity index is 772. The van der Waals surface area contributed by atoms with E-state index >= 15 is 0 Å². The summed E-state index contributed by atoms with van der Waals surface area (Å²) in [4.78, 5) is 29.5. The van der Waals surface area contributed by atoms with Gasteiger partial charge < -0.3 is 14.4 Å². The van der Waals surface area contributed by atoms with Crippen LogP contribution < -0.4 is 0 Å². The molecule has 1 fully saturated rings. The zero-order valence-corrected chi connectivity index (χ0v) is 13.8. The second-order valence-electron chi connectivity index (χ2n) is 6.38. The third kappa shape index (κ3) is 3.87. The monoisotopic (exact) mass is 346 g/mol. The number of benzene rings is 1. The van der Waals surface area contributed by atoms with Crippen LogP contribution in [0.4, 0.5) is 4.39 Å². The molecule has 0 radical (unpaired) electrons. The lowest BCUT2D eigenvalue weighted by atomic mass is 9.87. The fraction of sp³-hybridized carbons (Fsp3) is 0.389. The molecular weight excluding hydrogens is 327 g/mol. The van der Waals surface area contributed by atoms with Crippen molar-refractivity contribution in [1.82, 2.24) is 9.88 Å². The summed E-state index contributed by atoms with van der Waals surface area (Å²) in [7, 11) is 0. The Morgan fingerprint density at radius 1 is 1.36 bits per heavy atom. The van der Waals surface area contributed by atoms with E-state index in [-0.39, 0.29) is 24.1 Å². The van der Waals surface area contributed by atoms with Gasteiger partial charge in [0.1, 0.15) is 12.1 Å². The van der Waals surface area contributed by atoms with E-state index in [1.54, 1.807) is 17.0 Å². The average molecular weight is 346 g/mol. The quantitative estimate of drug-likeness (QED) is 0.920. The van der Waals surface area contributed by atoms with Gasteiger partial charge in [0.15, 0.2) is 0 Å². The topological polar surface area (TPSA) is 83.6 Å². The zero-order chi connectivity index (χ0) is 18.0. The highest BCUT2D eigenvalue weighted by Gasteiger charge is 2.33. The molecule has 1 aliphatic rings. The van der Waals surface area contributed by atoms with E-state index in [4.69, 9.17) is 9.52 Å². The summed E-state index contributed by atoms with van der Waals surface area (Å²) in [5.41, 5.74) is 1.13. The van der Waals surface area contributed by atoms with Crippen molar-refractivity contribution >= 4 is 11.9 Å². The summed E-state index contributed by atoms with van der Waals surface area (Å²) in [6.45, 7) is 2.71. The zero-order valence-electron chi connectivity index (χ0n) is 13.8. The maximum atomic E-state index is 13.0. The molecule has 2 unspecified atom stereocenters. The van der Waals surface area contributed by atoms with Crippen LogP contribution in [-0.4, -0.2) is 40.0 Å². The first-order valence-corrected chi connectivity index (χ1v) is 8.15. The van der Waals surface area contributed by atoms with E-state index in [0.29, 0.717) is 36.7 Å². The Morgan fingerprint density at radius 3 is 2.72 bits per heavy atom. The van der Waals surface area contributed by atoms with Crippen LogP contribution in [0.25, 0.3) is 11.5 Å². The van der Waals surface area contributed by atoms with Crippen LogP contribution in [0.3, 0.4) is 0 Å². The van der Waals surface area contributed by atoms with Crippen molar-refractivity contribution in [3.05, 3.63) is 42.0 Å². The molecule has 25 heavy (non-hydrogen) atoms. The summed E-state index contributed by atoms with van der Waals surface area (Å²) >= 11 is 0. The van der Waals surface area contributed by atoms with Crippen molar-refractivity contribution in [3.8, 4) is 11.5 Å². The number of nitrogens with zero attached hydrogens (tertiary/aromatic N) is 2. The van der Waals surface area contributed by atoms with Gasteiger partial charge in [0.2, 0.25) is 11.8 Å². The van der Waals surface area contributed by atoms with Crippen molar-refractivity contribution in [2.24, 2.45) is 11.8 Å². The molecule has 3 rings (SSSR count). The number of likely N-dealkylation sites (tertiary alicyclic amines) is 1. The molecule has 1 saturated heterocycles. The standard InChI is InChI=1S/C18H19FN2O4/c1-11-9-21(7-6-15(11)18(23)24)16(22)8-14-10-25-17(20-14)12-2-4-13(19)5-3-12/h2-5,10-11,15H,6-9H2,1H3,(H,23,24). The van der Waals surface area contributed by atoms with Crippen LogP contribution >= 0.6 is 0 Å². The van der Waals surface area contributed by atoms with Gasteiger partial charge in [0.05, 0.1) is 18.0 Å². The molecular formula is C18H19FN2O4. The SMILES string of the molecule is CC1CN(C(=O)Cc2coc(-c3ccc(F)cc3)n2)CCC1C(=O)O. The summed E-state index contributed by atoms with van der Waals surface area (Å²) < 4.78 is 18.3. The van der Waals surface area contributed by atoms with Gasteiger partial charge in [-0.2, -0.15) is 0 Å². The third-order valence-electron chi connectivity index (χ3n) is 4.55. The third-order valence-corrected chi connectivity index (χ3v) is 4.55. The van der Waals surface area contributed by atoms with Gasteiger partial charge in [0.25, 0.3) is 0 Å². The largest absolute Gasteiger partial charge is 0.481 e. The molecule has 132 valence electrons. The number of aromatic nitrogens is 1. The van der Waals surface area contributed by atoms with Crippen molar-refractivity contribution in [3.63, 3.8) is 0 Å². The minimum atomic E-state index is -0.806. The van der Waals surface area contributed by atoms with Gasteiger partial charge in [-0.1, -0.05) is 6.92 Å². The lowest BCUT2D eigenvalue weighted by Crippen LogP contribution is -2.45. The van der Waals surface area contributed by atoms with Crippen LogP contribution in [-0.2, 0) is 16.0 Å². The van der Waals surface area contributed by atoms with Crippen molar-refractivity contribution < 1.29 is 23.5 Å². The first kappa shape index (κ1) is 17.1. The number of hydrogen-bond donors (Lipinski definition) is 1. The average Bonchev–Trinajstić information content (AvgIpc) is 3.03. The minimum Gasteiger partial charge on any atom is -0.481 e. The molecule has 2 aromatic rings. The van der Waals surface area contributed by atoms with E-state index in [1.807, 2.05) is 6.92 Å². The molecule has 1 aromatic heterocycles. The van der Waals surface area contributed by atoms with E-state index in [9.17, 15) is 14.0 Å². The van der Waals surface area contributed by atoms with Crippen LogP contribution in [0.2, 0.25) is 0 Å². The fourth-order valence-electron chi connectivity index (χ4n) is 3.12. The van der Waals surface area contributed by atoms with Crippen LogP contribution in [0.1, 0.15) is 19.0 Å². The molecule has 1 aliphatic heterocycles. The van der Waals surface area contributed by atoms with E-state index < -0.39 is 11.9 Å². The molecule has 0 aliphatic carbocycles. The molecule has 1 N–H and O–H groups in total. The van der Waals surface area contributed by atoms with Gasteiger partial charge in [0, 0.05) is 18.7 Å². The summed E-state index contributed by atoms with van der Waals surface area (Å²) in [5.74, 6) is -1.40. The molecule has 6 nitrogen and oxygen atoms in total. The van der Waals surface area contributed by atoms with Gasteiger partial charge in [-0.25, -0.2) is 9.37 Å². The summed E-state index contributed by atoms with van der Waals surface area (Å²) in [6, 6.07) is 5.76. The van der Waals surface area contributed by atoms with Gasteiger partial charge in [-0.05, 0) is 36.6 Å². The number of rotatable bonds is 4. The summed E-state index contributed by atoms with van der Waals surface area (Å²) in [5, 5.41) is 9.15. The molecule has 2 atom stereocenters. The highest BCUT2D eigenvalue weighted by molar-refractivity contribution is 5.79. The van der Waals surface area contributed by atoms with Gasteiger partial charge in [-0.3, -0.25) is 9.59 Å². The molecule has 7 heteroatoms. The Hall–Kier alpha value is -2.70. The number of carboxylic acid groups (broad SMARTS) is 1.